The number of rotatable bonds is 1. The average molecular weight is 213 g/mol. The Hall–Kier alpha value is -0.810. The van der Waals surface area contributed by atoms with Crippen LogP contribution < -0.4 is 10.6 Å². The van der Waals surface area contributed by atoms with Crippen LogP contribution in [0.2, 0.25) is 0 Å². The Balaban J connectivity index is 1.78. The summed E-state index contributed by atoms with van der Waals surface area (Å²) in [6.45, 7) is 5.99. The van der Waals surface area contributed by atoms with Crippen molar-refractivity contribution in [2.45, 2.75) is 25.4 Å². The molecular weight excluding hydrogens is 194 g/mol. The highest BCUT2D eigenvalue weighted by Crippen LogP contribution is 2.05. The van der Waals surface area contributed by atoms with Crippen LogP contribution in [0.4, 0.5) is 4.79 Å². The van der Waals surface area contributed by atoms with Crippen LogP contribution in [-0.2, 0) is 4.74 Å². The second-order valence-corrected chi connectivity index (χ2v) is 4.31. The van der Waals surface area contributed by atoms with Crippen molar-refractivity contribution >= 4 is 6.03 Å². The van der Waals surface area contributed by atoms with E-state index in [4.69, 9.17) is 4.74 Å². The van der Waals surface area contributed by atoms with Gasteiger partial charge < -0.3 is 20.3 Å². The molecule has 2 N–H and O–H groups in total. The van der Waals surface area contributed by atoms with Gasteiger partial charge in [-0.1, -0.05) is 0 Å². The highest BCUT2D eigenvalue weighted by atomic mass is 16.5. The summed E-state index contributed by atoms with van der Waals surface area (Å²) in [5.74, 6) is 0. The molecule has 2 amide bonds. The molecule has 0 aromatic carbocycles. The lowest BCUT2D eigenvalue weighted by Gasteiger charge is -2.32. The van der Waals surface area contributed by atoms with E-state index in [-0.39, 0.29) is 12.1 Å². The Morgan fingerprint density at radius 1 is 1.60 bits per heavy atom. The topological polar surface area (TPSA) is 53.6 Å². The average Bonchev–Trinajstić information content (AvgIpc) is 2.70. The van der Waals surface area contributed by atoms with Crippen molar-refractivity contribution in [3.8, 4) is 0 Å². The third kappa shape index (κ3) is 2.82. The zero-order chi connectivity index (χ0) is 10.7. The minimum atomic E-state index is 0.0545. The van der Waals surface area contributed by atoms with Crippen molar-refractivity contribution in [1.29, 1.82) is 0 Å². The summed E-state index contributed by atoms with van der Waals surface area (Å²) in [4.78, 5) is 13.7. The maximum atomic E-state index is 11.8. The van der Waals surface area contributed by atoms with Gasteiger partial charge in [-0.25, -0.2) is 4.79 Å². The van der Waals surface area contributed by atoms with Crippen molar-refractivity contribution in [2.24, 2.45) is 0 Å². The molecule has 0 saturated carbocycles. The number of piperazine rings is 1. The normalized spacial score (nSPS) is 31.7. The number of hydrogen-bond donors (Lipinski definition) is 2. The van der Waals surface area contributed by atoms with Crippen LogP contribution in [0.25, 0.3) is 0 Å². The smallest absolute Gasteiger partial charge is 0.317 e. The van der Waals surface area contributed by atoms with Crippen molar-refractivity contribution in [2.75, 3.05) is 32.8 Å². The molecule has 2 saturated heterocycles. The van der Waals surface area contributed by atoms with E-state index in [9.17, 15) is 4.79 Å². The van der Waals surface area contributed by atoms with E-state index in [1.807, 2.05) is 4.90 Å². The van der Waals surface area contributed by atoms with Gasteiger partial charge in [-0.05, 0) is 13.3 Å². The van der Waals surface area contributed by atoms with Crippen molar-refractivity contribution in [1.82, 2.24) is 15.5 Å². The first-order chi connectivity index (χ1) is 7.25. The van der Waals surface area contributed by atoms with Crippen LogP contribution in [0.5, 0.6) is 0 Å². The zero-order valence-electron chi connectivity index (χ0n) is 9.16. The minimum absolute atomic E-state index is 0.0545. The van der Waals surface area contributed by atoms with E-state index in [0.717, 1.165) is 32.7 Å². The van der Waals surface area contributed by atoms with E-state index in [0.29, 0.717) is 12.6 Å². The highest BCUT2D eigenvalue weighted by molar-refractivity contribution is 5.74. The predicted molar refractivity (Wildman–Crippen MR) is 56.8 cm³/mol. The lowest BCUT2D eigenvalue weighted by atomic mass is 10.2. The Bertz CT molecular complexity index is 229. The van der Waals surface area contributed by atoms with Gasteiger partial charge in [-0.3, -0.25) is 0 Å². The summed E-state index contributed by atoms with van der Waals surface area (Å²) in [5.41, 5.74) is 0. The van der Waals surface area contributed by atoms with E-state index in [1.165, 1.54) is 0 Å². The maximum Gasteiger partial charge on any atom is 0.317 e. The van der Waals surface area contributed by atoms with Crippen molar-refractivity contribution < 1.29 is 9.53 Å². The molecule has 2 rings (SSSR count). The lowest BCUT2D eigenvalue weighted by Crippen LogP contribution is -2.55. The molecule has 2 fully saturated rings. The molecule has 1 unspecified atom stereocenters. The number of carbonyl (C=O) groups excluding carboxylic acids is 1. The first kappa shape index (κ1) is 10.7. The van der Waals surface area contributed by atoms with Gasteiger partial charge in [0.15, 0.2) is 0 Å². The fourth-order valence-electron chi connectivity index (χ4n) is 2.03. The van der Waals surface area contributed by atoms with Crippen molar-refractivity contribution in [3.63, 3.8) is 0 Å². The Kier molecular flexibility index (Phi) is 3.43. The van der Waals surface area contributed by atoms with Gasteiger partial charge in [0.25, 0.3) is 0 Å². The van der Waals surface area contributed by atoms with Gasteiger partial charge in [0.05, 0.1) is 12.6 Å². The standard InChI is InChI=1S/C10H19N3O2/c1-8-6-13(4-3-11-8)10(14)12-9-2-5-15-7-9/h8-9,11H,2-7H2,1H3,(H,12,14)/t8-,9?/m0/s1. The number of carbonyl (C=O) groups is 1. The minimum Gasteiger partial charge on any atom is -0.379 e. The van der Waals surface area contributed by atoms with Gasteiger partial charge in [0.2, 0.25) is 0 Å². The predicted octanol–water partition coefficient (Wildman–Crippen LogP) is -0.221. The van der Waals surface area contributed by atoms with E-state index >= 15 is 0 Å². The first-order valence-electron chi connectivity index (χ1n) is 5.62. The number of nitrogens with one attached hydrogen (secondary N) is 2. The maximum absolute atomic E-state index is 11.8. The van der Waals surface area contributed by atoms with Gasteiger partial charge in [-0.2, -0.15) is 0 Å². The van der Waals surface area contributed by atoms with Crippen LogP contribution in [0.3, 0.4) is 0 Å². The number of ether oxygens (including phenoxy) is 1. The molecule has 2 aliphatic heterocycles. The quantitative estimate of drug-likeness (QED) is 0.633. The molecule has 0 aliphatic carbocycles. The van der Waals surface area contributed by atoms with Crippen molar-refractivity contribution in [3.05, 3.63) is 0 Å². The highest BCUT2D eigenvalue weighted by Gasteiger charge is 2.24. The summed E-state index contributed by atoms with van der Waals surface area (Å²) in [6.07, 6.45) is 0.938. The molecule has 86 valence electrons. The Morgan fingerprint density at radius 2 is 2.47 bits per heavy atom. The van der Waals surface area contributed by atoms with Crippen LogP contribution in [0, 0.1) is 0 Å². The largest absolute Gasteiger partial charge is 0.379 e. The fourth-order valence-corrected chi connectivity index (χ4v) is 2.03. The molecule has 2 aliphatic rings. The number of amides is 2. The summed E-state index contributed by atoms with van der Waals surface area (Å²) in [6, 6.07) is 0.658. The molecule has 5 heteroatoms. The molecule has 2 atom stereocenters. The summed E-state index contributed by atoms with van der Waals surface area (Å²) in [7, 11) is 0. The SMILES string of the molecule is C[C@H]1CN(C(=O)NC2CCOC2)CCN1. The fraction of sp³-hybridized carbons (Fsp3) is 0.900. The third-order valence-corrected chi connectivity index (χ3v) is 2.91. The molecule has 0 aromatic rings. The first-order valence-corrected chi connectivity index (χ1v) is 5.62. The monoisotopic (exact) mass is 213 g/mol. The summed E-state index contributed by atoms with van der Waals surface area (Å²) < 4.78 is 5.22. The second kappa shape index (κ2) is 4.81. The second-order valence-electron chi connectivity index (χ2n) is 4.31. The summed E-state index contributed by atoms with van der Waals surface area (Å²) >= 11 is 0. The molecule has 5 nitrogen and oxygen atoms in total. The van der Waals surface area contributed by atoms with Crippen LogP contribution in [-0.4, -0.2) is 55.9 Å². The number of nitrogens with zero attached hydrogens (tertiary/aromatic N) is 1. The van der Waals surface area contributed by atoms with Crippen LogP contribution >= 0.6 is 0 Å². The molecule has 0 bridgehead atoms. The molecule has 15 heavy (non-hydrogen) atoms. The molecule has 0 radical (unpaired) electrons. The zero-order valence-corrected chi connectivity index (χ0v) is 9.16. The van der Waals surface area contributed by atoms with E-state index in [2.05, 4.69) is 17.6 Å². The van der Waals surface area contributed by atoms with Gasteiger partial charge in [0.1, 0.15) is 0 Å². The summed E-state index contributed by atoms with van der Waals surface area (Å²) in [5, 5.41) is 6.32. The van der Waals surface area contributed by atoms with Crippen LogP contribution in [0.15, 0.2) is 0 Å². The Morgan fingerprint density at radius 3 is 3.13 bits per heavy atom. The molecule has 2 heterocycles. The lowest BCUT2D eigenvalue weighted by molar-refractivity contribution is 0.167. The molecule has 0 aromatic heterocycles. The number of hydrogen-bond acceptors (Lipinski definition) is 3. The van der Waals surface area contributed by atoms with E-state index in [1.54, 1.807) is 0 Å². The Labute approximate surface area is 90.1 Å². The molecular formula is C10H19N3O2. The number of urea groups is 1. The van der Waals surface area contributed by atoms with Gasteiger partial charge in [0, 0.05) is 32.3 Å². The van der Waals surface area contributed by atoms with Gasteiger partial charge >= 0.3 is 6.03 Å². The van der Waals surface area contributed by atoms with Gasteiger partial charge in [-0.15, -0.1) is 0 Å². The van der Waals surface area contributed by atoms with Crippen LogP contribution in [0.1, 0.15) is 13.3 Å². The third-order valence-electron chi connectivity index (χ3n) is 2.91. The molecule has 0 spiro atoms. The van der Waals surface area contributed by atoms with E-state index < -0.39 is 0 Å².